The molecule has 0 saturated heterocycles. The van der Waals surface area contributed by atoms with E-state index in [1.165, 1.54) is 10.9 Å². The molecule has 0 aliphatic carbocycles. The number of hydrogen-bond donors (Lipinski definition) is 0. The van der Waals surface area contributed by atoms with Crippen molar-refractivity contribution in [2.45, 2.75) is 17.7 Å². The molecule has 2 aromatic heterocycles. The summed E-state index contributed by atoms with van der Waals surface area (Å²) in [5.74, 6) is 2.89. The molecule has 142 valence electrons. The van der Waals surface area contributed by atoms with Gasteiger partial charge in [0.1, 0.15) is 11.5 Å². The molecule has 2 heterocycles. The van der Waals surface area contributed by atoms with E-state index in [0.717, 1.165) is 16.1 Å². The van der Waals surface area contributed by atoms with Gasteiger partial charge in [-0.15, -0.1) is 0 Å². The largest absolute Gasteiger partial charge is 0.497 e. The number of nitrogens with zero attached hydrogens (tertiary/aromatic N) is 3. The van der Waals surface area contributed by atoms with Crippen molar-refractivity contribution in [3.8, 4) is 22.9 Å². The fourth-order valence-electron chi connectivity index (χ4n) is 2.93. The van der Waals surface area contributed by atoms with Gasteiger partial charge in [-0.25, -0.2) is 4.98 Å². The van der Waals surface area contributed by atoms with Gasteiger partial charge in [-0.05, 0) is 36.8 Å². The van der Waals surface area contributed by atoms with Gasteiger partial charge in [-0.3, -0.25) is 0 Å². The third kappa shape index (κ3) is 3.66. The molecule has 0 saturated carbocycles. The lowest BCUT2D eigenvalue weighted by Gasteiger charge is -2.07. The zero-order valence-electron chi connectivity index (χ0n) is 15.8. The number of ether oxygens (including phenoxy) is 2. The minimum atomic E-state index is 0.484. The van der Waals surface area contributed by atoms with Crippen molar-refractivity contribution in [2.24, 2.45) is 0 Å². The highest BCUT2D eigenvalue weighted by Crippen LogP contribution is 2.32. The van der Waals surface area contributed by atoms with Gasteiger partial charge < -0.3 is 14.0 Å². The maximum absolute atomic E-state index is 5.42. The first-order valence-corrected chi connectivity index (χ1v) is 9.70. The Morgan fingerprint density at radius 1 is 1.00 bits per heavy atom. The van der Waals surface area contributed by atoms with Crippen LogP contribution in [0.15, 0.2) is 58.1 Å². The summed E-state index contributed by atoms with van der Waals surface area (Å²) < 4.78 is 16.1. The number of rotatable bonds is 6. The lowest BCUT2D eigenvalue weighted by molar-refractivity contribution is 0.388. The molecule has 0 spiro atoms. The quantitative estimate of drug-likeness (QED) is 0.431. The predicted molar refractivity (Wildman–Crippen MR) is 109 cm³/mol. The summed E-state index contributed by atoms with van der Waals surface area (Å²) in [6.45, 7) is 2.09. The average Bonchev–Trinajstić information content (AvgIpc) is 3.20. The van der Waals surface area contributed by atoms with E-state index in [4.69, 9.17) is 19.0 Å². The zero-order valence-corrected chi connectivity index (χ0v) is 16.6. The van der Waals surface area contributed by atoms with E-state index < -0.39 is 0 Å². The highest BCUT2D eigenvalue weighted by molar-refractivity contribution is 7.98. The summed E-state index contributed by atoms with van der Waals surface area (Å²) >= 11 is 1.57. The molecule has 0 amide bonds. The number of thioether (sulfide) groups is 1. The Labute approximate surface area is 166 Å². The standard InChI is InChI=1S/C21H19N3O3S/c1-13-10-20(22-17-7-5-4-6-15(13)17)28-12-19-23-21(24-27-19)16-9-8-14(25-2)11-18(16)26-3/h4-11H,12H2,1-3H3. The fourth-order valence-corrected chi connectivity index (χ4v) is 3.75. The Morgan fingerprint density at radius 2 is 1.86 bits per heavy atom. The van der Waals surface area contributed by atoms with Gasteiger partial charge in [0.05, 0.1) is 36.1 Å². The first-order chi connectivity index (χ1) is 13.7. The minimum Gasteiger partial charge on any atom is -0.497 e. The maximum Gasteiger partial charge on any atom is 0.237 e. The summed E-state index contributed by atoms with van der Waals surface area (Å²) in [7, 11) is 3.21. The highest BCUT2D eigenvalue weighted by atomic mass is 32.2. The Morgan fingerprint density at radius 3 is 2.68 bits per heavy atom. The Bertz CT molecular complexity index is 1130. The van der Waals surface area contributed by atoms with Crippen LogP contribution in [0.4, 0.5) is 0 Å². The summed E-state index contributed by atoms with van der Waals surface area (Å²) in [6, 6.07) is 15.7. The SMILES string of the molecule is COc1ccc(-c2noc(CSc3cc(C)c4ccccc4n3)n2)c(OC)c1. The lowest BCUT2D eigenvalue weighted by atomic mass is 10.1. The van der Waals surface area contributed by atoms with Crippen molar-refractivity contribution in [3.05, 3.63) is 60.0 Å². The van der Waals surface area contributed by atoms with Gasteiger partial charge in [0.2, 0.25) is 11.7 Å². The molecule has 0 atom stereocenters. The lowest BCUT2D eigenvalue weighted by Crippen LogP contribution is -1.92. The minimum absolute atomic E-state index is 0.484. The summed E-state index contributed by atoms with van der Waals surface area (Å²) in [5.41, 5.74) is 2.93. The van der Waals surface area contributed by atoms with Crippen LogP contribution in [0, 0.1) is 6.92 Å². The second-order valence-electron chi connectivity index (χ2n) is 6.16. The highest BCUT2D eigenvalue weighted by Gasteiger charge is 2.15. The number of hydrogen-bond acceptors (Lipinski definition) is 7. The van der Waals surface area contributed by atoms with Crippen LogP contribution in [0.1, 0.15) is 11.5 Å². The number of aromatic nitrogens is 3. The van der Waals surface area contributed by atoms with E-state index in [2.05, 4.69) is 29.2 Å². The van der Waals surface area contributed by atoms with Crippen molar-refractivity contribution in [1.82, 2.24) is 15.1 Å². The molecule has 28 heavy (non-hydrogen) atoms. The van der Waals surface area contributed by atoms with Gasteiger partial charge in [0.15, 0.2) is 0 Å². The van der Waals surface area contributed by atoms with E-state index in [1.54, 1.807) is 32.0 Å². The van der Waals surface area contributed by atoms with Crippen LogP contribution in [0.3, 0.4) is 0 Å². The molecule has 0 unspecified atom stereocenters. The van der Waals surface area contributed by atoms with Crippen LogP contribution in [0.2, 0.25) is 0 Å². The molecule has 6 nitrogen and oxygen atoms in total. The van der Waals surface area contributed by atoms with Crippen LogP contribution in [-0.4, -0.2) is 29.3 Å². The first kappa shape index (κ1) is 18.3. The average molecular weight is 393 g/mol. The molecule has 0 aliphatic rings. The van der Waals surface area contributed by atoms with Gasteiger partial charge in [-0.1, -0.05) is 35.1 Å². The van der Waals surface area contributed by atoms with Crippen LogP contribution >= 0.6 is 11.8 Å². The Balaban J connectivity index is 1.53. The van der Waals surface area contributed by atoms with E-state index in [0.29, 0.717) is 29.0 Å². The van der Waals surface area contributed by atoms with E-state index in [-0.39, 0.29) is 0 Å². The monoisotopic (exact) mass is 393 g/mol. The zero-order chi connectivity index (χ0) is 19.5. The number of pyridine rings is 1. The number of methoxy groups -OCH3 is 2. The van der Waals surface area contributed by atoms with E-state index >= 15 is 0 Å². The van der Waals surface area contributed by atoms with E-state index in [9.17, 15) is 0 Å². The normalized spacial score (nSPS) is 11.0. The molecule has 0 fully saturated rings. The van der Waals surface area contributed by atoms with Crippen molar-refractivity contribution in [2.75, 3.05) is 14.2 Å². The predicted octanol–water partition coefficient (Wildman–Crippen LogP) is 4.90. The van der Waals surface area contributed by atoms with Crippen molar-refractivity contribution in [3.63, 3.8) is 0 Å². The Hall–Kier alpha value is -3.06. The van der Waals surface area contributed by atoms with Crippen LogP contribution < -0.4 is 9.47 Å². The van der Waals surface area contributed by atoms with Crippen LogP contribution in [0.25, 0.3) is 22.3 Å². The molecule has 7 heteroatoms. The maximum atomic E-state index is 5.42. The second-order valence-corrected chi connectivity index (χ2v) is 7.16. The van der Waals surface area contributed by atoms with E-state index in [1.807, 2.05) is 30.3 Å². The third-order valence-corrected chi connectivity index (χ3v) is 5.26. The van der Waals surface area contributed by atoms with Crippen molar-refractivity contribution < 1.29 is 14.0 Å². The van der Waals surface area contributed by atoms with Gasteiger partial charge >= 0.3 is 0 Å². The molecule has 0 aliphatic heterocycles. The molecule has 0 radical (unpaired) electrons. The van der Waals surface area contributed by atoms with Gasteiger partial charge in [0, 0.05) is 11.5 Å². The topological polar surface area (TPSA) is 70.3 Å². The van der Waals surface area contributed by atoms with Crippen LogP contribution in [-0.2, 0) is 5.75 Å². The molecular weight excluding hydrogens is 374 g/mol. The number of aryl methyl sites for hydroxylation is 1. The molecule has 0 N–H and O–H groups in total. The molecule has 0 bridgehead atoms. The fraction of sp³-hybridized carbons (Fsp3) is 0.190. The first-order valence-electron chi connectivity index (χ1n) is 8.72. The molecular formula is C21H19N3O3S. The van der Waals surface area contributed by atoms with Crippen LogP contribution in [0.5, 0.6) is 11.5 Å². The molecule has 2 aromatic carbocycles. The number of para-hydroxylation sites is 1. The van der Waals surface area contributed by atoms with Crippen molar-refractivity contribution >= 4 is 22.7 Å². The van der Waals surface area contributed by atoms with Gasteiger partial charge in [0.25, 0.3) is 0 Å². The molecule has 4 aromatic rings. The van der Waals surface area contributed by atoms with Gasteiger partial charge in [-0.2, -0.15) is 4.98 Å². The smallest absolute Gasteiger partial charge is 0.237 e. The summed E-state index contributed by atoms with van der Waals surface area (Å²) in [4.78, 5) is 9.20. The third-order valence-electron chi connectivity index (χ3n) is 4.36. The number of fused-ring (bicyclic) bond motifs is 1. The number of benzene rings is 2. The molecule has 4 rings (SSSR count). The summed E-state index contributed by atoms with van der Waals surface area (Å²) in [5, 5.41) is 6.18. The van der Waals surface area contributed by atoms with Crippen molar-refractivity contribution in [1.29, 1.82) is 0 Å². The second kappa shape index (κ2) is 7.90. The summed E-state index contributed by atoms with van der Waals surface area (Å²) in [6.07, 6.45) is 0. The Kier molecular flexibility index (Phi) is 5.16.